The molecule has 1 heterocycles. The molecule has 0 aromatic rings. The van der Waals surface area contributed by atoms with Gasteiger partial charge in [0.2, 0.25) is 0 Å². The third kappa shape index (κ3) is 5.95. The van der Waals surface area contributed by atoms with Crippen molar-refractivity contribution in [2.75, 3.05) is 32.8 Å². The van der Waals surface area contributed by atoms with Gasteiger partial charge in [0.15, 0.2) is 5.96 Å². The maximum absolute atomic E-state index is 11.3. The molecule has 0 aromatic carbocycles. The molecular weight excluding hydrogens is 256 g/mol. The molecular formula is C14H26N4O2. The standard InChI is InChI=1S/C14H26N4O2/c1-4-7-15-13(17-12(3)5-2)16-8-6-9-18-10-11-20-14(18)19/h4,12H,1,5-11H2,2-3H3,(H2,15,16,17). The van der Waals surface area contributed by atoms with Crippen LogP contribution < -0.4 is 10.6 Å². The zero-order valence-corrected chi connectivity index (χ0v) is 12.5. The summed E-state index contributed by atoms with van der Waals surface area (Å²) < 4.78 is 4.88. The number of amides is 1. The second-order valence-corrected chi connectivity index (χ2v) is 4.81. The van der Waals surface area contributed by atoms with Gasteiger partial charge in [0, 0.05) is 25.7 Å². The van der Waals surface area contributed by atoms with E-state index in [9.17, 15) is 4.79 Å². The molecule has 20 heavy (non-hydrogen) atoms. The Morgan fingerprint density at radius 1 is 1.65 bits per heavy atom. The number of nitrogens with zero attached hydrogens (tertiary/aromatic N) is 2. The molecule has 6 heteroatoms. The summed E-state index contributed by atoms with van der Waals surface area (Å²) in [6.07, 6.45) is 3.45. The molecule has 1 atom stereocenters. The summed E-state index contributed by atoms with van der Waals surface area (Å²) in [5, 5.41) is 6.51. The number of carbonyl (C=O) groups excluding carboxylic acids is 1. The summed E-state index contributed by atoms with van der Waals surface area (Å²) in [6, 6.07) is 0.375. The highest BCUT2D eigenvalue weighted by molar-refractivity contribution is 5.80. The number of hydrogen-bond acceptors (Lipinski definition) is 3. The summed E-state index contributed by atoms with van der Waals surface area (Å²) in [5.74, 6) is 0.795. The molecule has 1 aliphatic heterocycles. The Bertz CT molecular complexity index is 344. The van der Waals surface area contributed by atoms with E-state index in [1.807, 2.05) is 0 Å². The minimum Gasteiger partial charge on any atom is -0.448 e. The maximum atomic E-state index is 11.3. The van der Waals surface area contributed by atoms with Crippen molar-refractivity contribution in [3.63, 3.8) is 0 Å². The van der Waals surface area contributed by atoms with Crippen LogP contribution in [0.15, 0.2) is 17.6 Å². The first-order valence-corrected chi connectivity index (χ1v) is 7.24. The molecule has 2 N–H and O–H groups in total. The molecule has 1 fully saturated rings. The highest BCUT2D eigenvalue weighted by Crippen LogP contribution is 2.03. The largest absolute Gasteiger partial charge is 0.448 e. The van der Waals surface area contributed by atoms with E-state index in [-0.39, 0.29) is 6.09 Å². The molecule has 1 saturated heterocycles. The zero-order chi connectivity index (χ0) is 14.8. The minimum absolute atomic E-state index is 0.211. The first-order valence-electron chi connectivity index (χ1n) is 7.24. The second-order valence-electron chi connectivity index (χ2n) is 4.81. The van der Waals surface area contributed by atoms with E-state index in [4.69, 9.17) is 4.74 Å². The second kappa shape index (κ2) is 9.23. The first-order chi connectivity index (χ1) is 9.67. The zero-order valence-electron chi connectivity index (χ0n) is 12.5. The van der Waals surface area contributed by atoms with Crippen LogP contribution in [-0.2, 0) is 4.74 Å². The van der Waals surface area contributed by atoms with E-state index < -0.39 is 0 Å². The summed E-state index contributed by atoms with van der Waals surface area (Å²) in [7, 11) is 0. The molecule has 0 radical (unpaired) electrons. The van der Waals surface area contributed by atoms with Gasteiger partial charge < -0.3 is 20.3 Å². The fourth-order valence-corrected chi connectivity index (χ4v) is 1.74. The van der Waals surface area contributed by atoms with Crippen LogP contribution >= 0.6 is 0 Å². The molecule has 114 valence electrons. The van der Waals surface area contributed by atoms with Crippen LogP contribution in [0.2, 0.25) is 0 Å². The Balaban J connectivity index is 2.32. The highest BCUT2D eigenvalue weighted by atomic mass is 16.6. The Labute approximate surface area is 121 Å². The van der Waals surface area contributed by atoms with Crippen molar-refractivity contribution in [3.05, 3.63) is 12.7 Å². The van der Waals surface area contributed by atoms with E-state index in [2.05, 4.69) is 36.1 Å². The predicted octanol–water partition coefficient (Wildman–Crippen LogP) is 1.35. The number of aliphatic imine (C=N–C) groups is 1. The smallest absolute Gasteiger partial charge is 0.409 e. The average molecular weight is 282 g/mol. The predicted molar refractivity (Wildman–Crippen MR) is 80.9 cm³/mol. The monoisotopic (exact) mass is 282 g/mol. The molecule has 0 saturated carbocycles. The number of rotatable bonds is 8. The van der Waals surface area contributed by atoms with Gasteiger partial charge in [-0.1, -0.05) is 13.0 Å². The van der Waals surface area contributed by atoms with E-state index in [1.54, 1.807) is 11.0 Å². The van der Waals surface area contributed by atoms with Crippen molar-refractivity contribution in [1.82, 2.24) is 15.5 Å². The van der Waals surface area contributed by atoms with Gasteiger partial charge in [-0.3, -0.25) is 4.99 Å². The molecule has 6 nitrogen and oxygen atoms in total. The maximum Gasteiger partial charge on any atom is 0.409 e. The fraction of sp³-hybridized carbons (Fsp3) is 0.714. The number of guanidine groups is 1. The summed E-state index contributed by atoms with van der Waals surface area (Å²) in [5.41, 5.74) is 0. The highest BCUT2D eigenvalue weighted by Gasteiger charge is 2.20. The van der Waals surface area contributed by atoms with E-state index in [0.717, 1.165) is 18.8 Å². The van der Waals surface area contributed by atoms with Gasteiger partial charge >= 0.3 is 6.09 Å². The number of carbonyl (C=O) groups is 1. The Hall–Kier alpha value is -1.72. The Morgan fingerprint density at radius 3 is 3.05 bits per heavy atom. The van der Waals surface area contributed by atoms with Gasteiger partial charge in [-0.15, -0.1) is 6.58 Å². The number of nitrogens with one attached hydrogen (secondary N) is 2. The van der Waals surface area contributed by atoms with Crippen molar-refractivity contribution < 1.29 is 9.53 Å². The van der Waals surface area contributed by atoms with Gasteiger partial charge in [-0.2, -0.15) is 0 Å². The van der Waals surface area contributed by atoms with Crippen LogP contribution in [0.1, 0.15) is 26.7 Å². The van der Waals surface area contributed by atoms with E-state index >= 15 is 0 Å². The molecule has 0 spiro atoms. The lowest BCUT2D eigenvalue weighted by Crippen LogP contribution is -2.42. The SMILES string of the molecule is C=CCNC(=NCCCN1CCOC1=O)NC(C)CC. The van der Waals surface area contributed by atoms with Crippen LogP contribution in [0.3, 0.4) is 0 Å². The molecule has 0 aromatic heterocycles. The average Bonchev–Trinajstić information content (AvgIpc) is 2.85. The summed E-state index contributed by atoms with van der Waals surface area (Å²) in [4.78, 5) is 17.5. The first kappa shape index (κ1) is 16.3. The number of hydrogen-bond donors (Lipinski definition) is 2. The van der Waals surface area contributed by atoms with Gasteiger partial charge in [0.1, 0.15) is 6.61 Å². The third-order valence-corrected chi connectivity index (χ3v) is 3.11. The van der Waals surface area contributed by atoms with E-state index in [1.165, 1.54) is 0 Å². The van der Waals surface area contributed by atoms with Crippen molar-refractivity contribution in [2.45, 2.75) is 32.7 Å². The molecule has 1 rings (SSSR count). The normalized spacial score (nSPS) is 16.8. The van der Waals surface area contributed by atoms with Crippen molar-refractivity contribution in [2.24, 2.45) is 4.99 Å². The van der Waals surface area contributed by atoms with Crippen LogP contribution in [-0.4, -0.2) is 55.8 Å². The topological polar surface area (TPSA) is 66.0 Å². The quantitative estimate of drug-likeness (QED) is 0.305. The Kier molecular flexibility index (Phi) is 7.54. The Morgan fingerprint density at radius 2 is 2.45 bits per heavy atom. The molecule has 0 aliphatic carbocycles. The fourth-order valence-electron chi connectivity index (χ4n) is 1.74. The van der Waals surface area contributed by atoms with Crippen LogP contribution in [0.4, 0.5) is 4.79 Å². The van der Waals surface area contributed by atoms with Crippen LogP contribution in [0, 0.1) is 0 Å². The van der Waals surface area contributed by atoms with Crippen molar-refractivity contribution in [3.8, 4) is 0 Å². The van der Waals surface area contributed by atoms with Gasteiger partial charge in [0.25, 0.3) is 0 Å². The summed E-state index contributed by atoms with van der Waals surface area (Å²) >= 11 is 0. The molecule has 1 amide bonds. The number of ether oxygens (including phenoxy) is 1. The lowest BCUT2D eigenvalue weighted by molar-refractivity contribution is 0.158. The lowest BCUT2D eigenvalue weighted by Gasteiger charge is -2.16. The van der Waals surface area contributed by atoms with Gasteiger partial charge in [-0.25, -0.2) is 4.79 Å². The summed E-state index contributed by atoms with van der Waals surface area (Å²) in [6.45, 7) is 11.2. The van der Waals surface area contributed by atoms with E-state index in [0.29, 0.717) is 38.8 Å². The third-order valence-electron chi connectivity index (χ3n) is 3.11. The van der Waals surface area contributed by atoms with Gasteiger partial charge in [0.05, 0.1) is 6.54 Å². The minimum atomic E-state index is -0.211. The van der Waals surface area contributed by atoms with Crippen molar-refractivity contribution in [1.29, 1.82) is 0 Å². The molecule has 1 aliphatic rings. The van der Waals surface area contributed by atoms with Crippen LogP contribution in [0.5, 0.6) is 0 Å². The van der Waals surface area contributed by atoms with Gasteiger partial charge in [-0.05, 0) is 19.8 Å². The molecule has 0 bridgehead atoms. The lowest BCUT2D eigenvalue weighted by atomic mass is 10.3. The number of cyclic esters (lactones) is 1. The van der Waals surface area contributed by atoms with Crippen molar-refractivity contribution >= 4 is 12.1 Å². The van der Waals surface area contributed by atoms with Crippen LogP contribution in [0.25, 0.3) is 0 Å². The molecule has 1 unspecified atom stereocenters.